The van der Waals surface area contributed by atoms with Gasteiger partial charge in [0.25, 0.3) is 0 Å². The Morgan fingerprint density at radius 1 is 1.38 bits per heavy atom. The van der Waals surface area contributed by atoms with Gasteiger partial charge in [-0.3, -0.25) is 0 Å². The molecule has 2 aromatic rings. The van der Waals surface area contributed by atoms with Crippen LogP contribution in [0.1, 0.15) is 17.6 Å². The van der Waals surface area contributed by atoms with Crippen LogP contribution < -0.4 is 0 Å². The quantitative estimate of drug-likeness (QED) is 0.703. The number of carbonyl (C=O) groups is 1. The summed E-state index contributed by atoms with van der Waals surface area (Å²) in [6, 6.07) is 1.66. The average Bonchev–Trinajstić information content (AvgIpc) is 2.80. The van der Waals surface area contributed by atoms with Crippen molar-refractivity contribution < 1.29 is 14.1 Å². The van der Waals surface area contributed by atoms with Crippen LogP contribution in [0.3, 0.4) is 0 Å². The fourth-order valence-corrected chi connectivity index (χ4v) is 1.00. The third kappa shape index (κ3) is 2.02. The first kappa shape index (κ1) is 10.2. The first-order valence-corrected chi connectivity index (χ1v) is 4.59. The lowest BCUT2D eigenvalue weighted by atomic mass is 10.5. The van der Waals surface area contributed by atoms with Crippen LogP contribution in [0.15, 0.2) is 23.0 Å². The van der Waals surface area contributed by atoms with Gasteiger partial charge in [-0.15, -0.1) is 0 Å². The van der Waals surface area contributed by atoms with Crippen molar-refractivity contribution in [3.63, 3.8) is 0 Å². The van der Waals surface area contributed by atoms with E-state index >= 15 is 0 Å². The van der Waals surface area contributed by atoms with Crippen molar-refractivity contribution in [1.29, 1.82) is 0 Å². The topological polar surface area (TPSA) is 91.0 Å². The molecule has 2 heterocycles. The van der Waals surface area contributed by atoms with E-state index in [1.54, 1.807) is 25.4 Å². The molecule has 0 radical (unpaired) electrons. The summed E-state index contributed by atoms with van der Waals surface area (Å²) >= 11 is 0. The van der Waals surface area contributed by atoms with E-state index in [4.69, 9.17) is 9.26 Å². The fraction of sp³-hybridized carbons (Fsp3) is 0.222. The maximum absolute atomic E-state index is 11.2. The van der Waals surface area contributed by atoms with Crippen LogP contribution >= 0.6 is 0 Å². The third-order valence-electron chi connectivity index (χ3n) is 1.64. The van der Waals surface area contributed by atoms with Crippen molar-refractivity contribution in [1.82, 2.24) is 20.1 Å². The van der Waals surface area contributed by atoms with Gasteiger partial charge in [0.05, 0.1) is 6.61 Å². The Hall–Kier alpha value is -2.31. The molecule has 0 fully saturated rings. The number of nitrogens with zero attached hydrogens (tertiary/aromatic N) is 4. The number of aromatic nitrogens is 4. The molecule has 2 rings (SSSR count). The zero-order valence-electron chi connectivity index (χ0n) is 8.45. The van der Waals surface area contributed by atoms with E-state index in [1.807, 2.05) is 0 Å². The van der Waals surface area contributed by atoms with Gasteiger partial charge in [0.1, 0.15) is 0 Å². The molecule has 2 aromatic heterocycles. The number of rotatable bonds is 3. The molecule has 7 nitrogen and oxygen atoms in total. The van der Waals surface area contributed by atoms with Gasteiger partial charge in [-0.25, -0.2) is 14.8 Å². The molecule has 16 heavy (non-hydrogen) atoms. The van der Waals surface area contributed by atoms with Crippen molar-refractivity contribution in [2.24, 2.45) is 0 Å². The molecule has 0 saturated heterocycles. The fourth-order valence-electron chi connectivity index (χ4n) is 1.00. The highest BCUT2D eigenvalue weighted by Gasteiger charge is 2.17. The highest BCUT2D eigenvalue weighted by atomic mass is 16.6. The summed E-state index contributed by atoms with van der Waals surface area (Å²) < 4.78 is 9.42. The van der Waals surface area contributed by atoms with E-state index < -0.39 is 5.97 Å². The molecular formula is C9H8N4O3. The van der Waals surface area contributed by atoms with Crippen molar-refractivity contribution >= 4 is 5.97 Å². The summed E-state index contributed by atoms with van der Waals surface area (Å²) in [5.41, 5.74) is 0. The summed E-state index contributed by atoms with van der Waals surface area (Å²) in [5, 5.41) is 3.58. The molecule has 0 bridgehead atoms. The minimum absolute atomic E-state index is 0.156. The van der Waals surface area contributed by atoms with Crippen LogP contribution in [0.5, 0.6) is 0 Å². The molecular weight excluding hydrogens is 212 g/mol. The number of hydrogen-bond donors (Lipinski definition) is 0. The van der Waals surface area contributed by atoms with Crippen LogP contribution in [0.25, 0.3) is 11.6 Å². The van der Waals surface area contributed by atoms with E-state index in [-0.39, 0.29) is 18.3 Å². The highest BCUT2D eigenvalue weighted by Crippen LogP contribution is 2.09. The number of hydrogen-bond acceptors (Lipinski definition) is 7. The normalized spacial score (nSPS) is 10.1. The van der Waals surface area contributed by atoms with Crippen LogP contribution in [0.4, 0.5) is 0 Å². The SMILES string of the molecule is CCOC(=O)c1nc(-c2ncccn2)no1. The van der Waals surface area contributed by atoms with Gasteiger partial charge in [0.2, 0.25) is 11.6 Å². The Morgan fingerprint density at radius 3 is 2.81 bits per heavy atom. The predicted molar refractivity (Wildman–Crippen MR) is 51.3 cm³/mol. The molecule has 0 saturated carbocycles. The third-order valence-corrected chi connectivity index (χ3v) is 1.64. The Morgan fingerprint density at radius 2 is 2.12 bits per heavy atom. The molecule has 0 aliphatic carbocycles. The monoisotopic (exact) mass is 220 g/mol. The summed E-state index contributed by atoms with van der Waals surface area (Å²) in [6.45, 7) is 1.94. The second-order valence-electron chi connectivity index (χ2n) is 2.72. The van der Waals surface area contributed by atoms with E-state index in [1.165, 1.54) is 0 Å². The summed E-state index contributed by atoms with van der Waals surface area (Å²) in [5.74, 6) is -0.410. The lowest BCUT2D eigenvalue weighted by Crippen LogP contribution is -2.04. The van der Waals surface area contributed by atoms with E-state index in [2.05, 4.69) is 20.1 Å². The molecule has 0 unspecified atom stereocenters. The Balaban J connectivity index is 2.23. The number of esters is 1. The first-order chi connectivity index (χ1) is 7.81. The maximum atomic E-state index is 11.2. The molecule has 0 aromatic carbocycles. The molecule has 0 amide bonds. The van der Waals surface area contributed by atoms with Crippen molar-refractivity contribution in [2.75, 3.05) is 6.61 Å². The first-order valence-electron chi connectivity index (χ1n) is 4.59. The van der Waals surface area contributed by atoms with Gasteiger partial charge >= 0.3 is 11.9 Å². The molecule has 0 spiro atoms. The minimum atomic E-state index is -0.655. The van der Waals surface area contributed by atoms with E-state index in [9.17, 15) is 4.79 Å². The Labute approximate surface area is 90.5 Å². The van der Waals surface area contributed by atoms with Gasteiger partial charge < -0.3 is 9.26 Å². The van der Waals surface area contributed by atoms with Crippen molar-refractivity contribution in [3.8, 4) is 11.6 Å². The number of ether oxygens (including phenoxy) is 1. The predicted octanol–water partition coefficient (Wildman–Crippen LogP) is 0.703. The largest absolute Gasteiger partial charge is 0.459 e. The summed E-state index contributed by atoms with van der Waals surface area (Å²) in [6.07, 6.45) is 3.09. The van der Waals surface area contributed by atoms with Crippen LogP contribution in [0.2, 0.25) is 0 Å². The maximum Gasteiger partial charge on any atom is 0.397 e. The van der Waals surface area contributed by atoms with Gasteiger partial charge in [0.15, 0.2) is 0 Å². The van der Waals surface area contributed by atoms with Gasteiger partial charge in [-0.2, -0.15) is 4.98 Å². The zero-order valence-corrected chi connectivity index (χ0v) is 8.45. The lowest BCUT2D eigenvalue weighted by Gasteiger charge is -1.93. The van der Waals surface area contributed by atoms with Crippen LogP contribution in [-0.4, -0.2) is 32.7 Å². The van der Waals surface area contributed by atoms with E-state index in [0.717, 1.165) is 0 Å². The second kappa shape index (κ2) is 4.47. The average molecular weight is 220 g/mol. The number of carbonyl (C=O) groups excluding carboxylic acids is 1. The molecule has 7 heteroatoms. The molecule has 82 valence electrons. The second-order valence-corrected chi connectivity index (χ2v) is 2.72. The van der Waals surface area contributed by atoms with E-state index in [0.29, 0.717) is 5.82 Å². The van der Waals surface area contributed by atoms with Gasteiger partial charge in [-0.1, -0.05) is 5.16 Å². The van der Waals surface area contributed by atoms with Crippen LogP contribution in [-0.2, 0) is 4.74 Å². The minimum Gasteiger partial charge on any atom is -0.459 e. The summed E-state index contributed by atoms with van der Waals surface area (Å²) in [7, 11) is 0. The Bertz CT molecular complexity index is 483. The van der Waals surface area contributed by atoms with Gasteiger partial charge in [-0.05, 0) is 13.0 Å². The van der Waals surface area contributed by atoms with Crippen molar-refractivity contribution in [3.05, 3.63) is 24.4 Å². The van der Waals surface area contributed by atoms with Crippen molar-refractivity contribution in [2.45, 2.75) is 6.92 Å². The van der Waals surface area contributed by atoms with Gasteiger partial charge in [0, 0.05) is 12.4 Å². The summed E-state index contributed by atoms with van der Waals surface area (Å²) in [4.78, 5) is 22.9. The molecule has 0 aliphatic heterocycles. The standard InChI is InChI=1S/C9H8N4O3/c1-2-15-9(14)8-12-7(13-16-8)6-10-4-3-5-11-6/h3-5H,2H2,1H3. The molecule has 0 aliphatic rings. The lowest BCUT2D eigenvalue weighted by molar-refractivity contribution is 0.0470. The molecule has 0 atom stereocenters. The zero-order chi connectivity index (χ0) is 11.4. The van der Waals surface area contributed by atoms with Crippen LogP contribution in [0, 0.1) is 0 Å². The highest BCUT2D eigenvalue weighted by molar-refractivity contribution is 5.84. The Kier molecular flexibility index (Phi) is 2.86. The smallest absolute Gasteiger partial charge is 0.397 e. The molecule has 0 N–H and O–H groups in total.